The Hall–Kier alpha value is -1.93. The molecule has 1 aromatic rings. The maximum atomic E-state index is 9.52. The summed E-state index contributed by atoms with van der Waals surface area (Å²) in [5, 5.41) is 9.52. The van der Waals surface area contributed by atoms with Crippen molar-refractivity contribution in [3.05, 3.63) is 18.2 Å². The molecule has 0 bridgehead atoms. The molecule has 1 atom stereocenters. The van der Waals surface area contributed by atoms with Crippen LogP contribution in [0, 0.1) is 11.3 Å². The molecule has 1 fully saturated rings. The molecule has 1 aromatic carbocycles. The molecule has 22 heavy (non-hydrogen) atoms. The molecule has 0 aromatic heterocycles. The van der Waals surface area contributed by atoms with Gasteiger partial charge in [0.05, 0.1) is 20.3 Å². The Kier molecular flexibility index (Phi) is 5.91. The van der Waals surface area contributed by atoms with Crippen LogP contribution in [0.2, 0.25) is 0 Å². The van der Waals surface area contributed by atoms with Gasteiger partial charge in [-0.25, -0.2) is 0 Å². The minimum Gasteiger partial charge on any atom is -0.493 e. The van der Waals surface area contributed by atoms with E-state index in [-0.39, 0.29) is 6.04 Å². The fourth-order valence-electron chi connectivity index (χ4n) is 2.85. The molecule has 1 aliphatic heterocycles. The Morgan fingerprint density at radius 2 is 2.00 bits per heavy atom. The van der Waals surface area contributed by atoms with Crippen LogP contribution in [-0.2, 0) is 0 Å². The molecule has 0 aliphatic carbocycles. The molecular weight excluding hydrogens is 278 g/mol. The van der Waals surface area contributed by atoms with E-state index < -0.39 is 0 Å². The fraction of sp³-hybridized carbons (Fsp3) is 0.588. The molecule has 1 heterocycles. The molecule has 0 spiro atoms. The highest BCUT2D eigenvalue weighted by Gasteiger charge is 2.27. The number of methoxy groups -OCH3 is 2. The summed E-state index contributed by atoms with van der Waals surface area (Å²) in [6.07, 6.45) is 2.38. The first kappa shape index (κ1) is 16.4. The van der Waals surface area contributed by atoms with Gasteiger partial charge in [-0.2, -0.15) is 5.26 Å². The van der Waals surface area contributed by atoms with Crippen molar-refractivity contribution in [2.24, 2.45) is 0 Å². The minimum atomic E-state index is -0.122. The highest BCUT2D eigenvalue weighted by atomic mass is 16.5. The van der Waals surface area contributed by atoms with Gasteiger partial charge in [-0.15, -0.1) is 0 Å². The van der Waals surface area contributed by atoms with Crippen LogP contribution in [0.4, 0.5) is 5.69 Å². The molecule has 0 saturated carbocycles. The monoisotopic (exact) mass is 303 g/mol. The van der Waals surface area contributed by atoms with E-state index in [4.69, 9.17) is 9.47 Å². The van der Waals surface area contributed by atoms with E-state index in [1.165, 1.54) is 12.8 Å². The van der Waals surface area contributed by atoms with Crippen molar-refractivity contribution in [3.63, 3.8) is 0 Å². The molecule has 1 saturated heterocycles. The summed E-state index contributed by atoms with van der Waals surface area (Å²) < 4.78 is 10.6. The van der Waals surface area contributed by atoms with Gasteiger partial charge in [0.15, 0.2) is 11.5 Å². The third kappa shape index (κ3) is 3.63. The number of ether oxygens (including phenoxy) is 2. The van der Waals surface area contributed by atoms with Crippen molar-refractivity contribution in [2.75, 3.05) is 45.3 Å². The van der Waals surface area contributed by atoms with Gasteiger partial charge in [-0.3, -0.25) is 4.90 Å². The number of nitriles is 1. The average Bonchev–Trinajstić information content (AvgIpc) is 2.58. The number of nitrogens with zero attached hydrogens (tertiary/aromatic N) is 3. The molecule has 0 N–H and O–H groups in total. The summed E-state index contributed by atoms with van der Waals surface area (Å²) >= 11 is 0. The van der Waals surface area contributed by atoms with Gasteiger partial charge >= 0.3 is 0 Å². The zero-order valence-electron chi connectivity index (χ0n) is 13.7. The summed E-state index contributed by atoms with van der Waals surface area (Å²) in [7, 11) is 3.26. The Morgan fingerprint density at radius 1 is 1.23 bits per heavy atom. The topological polar surface area (TPSA) is 48.7 Å². The molecule has 5 heteroatoms. The number of benzene rings is 1. The van der Waals surface area contributed by atoms with E-state index in [1.807, 2.05) is 18.2 Å². The molecular formula is C17H25N3O2. The Labute approximate surface area is 133 Å². The van der Waals surface area contributed by atoms with Crippen LogP contribution in [0.3, 0.4) is 0 Å². The number of anilines is 1. The third-order valence-corrected chi connectivity index (χ3v) is 4.14. The lowest BCUT2D eigenvalue weighted by Gasteiger charge is -2.39. The number of unbranched alkanes of at least 4 members (excludes halogenated alkanes) is 1. The summed E-state index contributed by atoms with van der Waals surface area (Å²) in [5.41, 5.74) is 1.01. The Balaban J connectivity index is 2.13. The van der Waals surface area contributed by atoms with Crippen molar-refractivity contribution in [1.82, 2.24) is 4.90 Å². The van der Waals surface area contributed by atoms with E-state index >= 15 is 0 Å². The second-order valence-electron chi connectivity index (χ2n) is 5.53. The lowest BCUT2D eigenvalue weighted by molar-refractivity contribution is 0.236. The molecule has 0 radical (unpaired) electrons. The molecule has 1 unspecified atom stereocenters. The van der Waals surface area contributed by atoms with Gasteiger partial charge in [0.1, 0.15) is 6.04 Å². The van der Waals surface area contributed by atoms with Crippen molar-refractivity contribution >= 4 is 5.69 Å². The second-order valence-corrected chi connectivity index (χ2v) is 5.53. The van der Waals surface area contributed by atoms with Crippen LogP contribution in [0.1, 0.15) is 19.8 Å². The Morgan fingerprint density at radius 3 is 2.64 bits per heavy atom. The van der Waals surface area contributed by atoms with E-state index in [9.17, 15) is 5.26 Å². The second kappa shape index (κ2) is 7.90. The quantitative estimate of drug-likeness (QED) is 0.808. The minimum absolute atomic E-state index is 0.122. The van der Waals surface area contributed by atoms with Crippen molar-refractivity contribution in [1.29, 1.82) is 5.26 Å². The summed E-state index contributed by atoms with van der Waals surface area (Å²) in [6.45, 7) is 5.92. The zero-order valence-corrected chi connectivity index (χ0v) is 13.7. The standard InChI is InChI=1S/C17H25N3O2/c1-4-5-8-19-9-10-20(15(12-18)13-19)14-6-7-16(21-2)17(11-14)22-3/h6-7,11,15H,4-5,8-10,13H2,1-3H3. The largest absolute Gasteiger partial charge is 0.493 e. The number of piperazine rings is 1. The first-order chi connectivity index (χ1) is 10.7. The van der Waals surface area contributed by atoms with Crippen LogP contribution in [-0.4, -0.2) is 51.3 Å². The van der Waals surface area contributed by atoms with E-state index in [1.54, 1.807) is 14.2 Å². The van der Waals surface area contributed by atoms with Crippen LogP contribution >= 0.6 is 0 Å². The highest BCUT2D eigenvalue weighted by molar-refractivity contribution is 5.58. The van der Waals surface area contributed by atoms with E-state index in [0.717, 1.165) is 31.9 Å². The van der Waals surface area contributed by atoms with Gasteiger partial charge in [-0.05, 0) is 25.1 Å². The van der Waals surface area contributed by atoms with Gasteiger partial charge < -0.3 is 14.4 Å². The third-order valence-electron chi connectivity index (χ3n) is 4.14. The van der Waals surface area contributed by atoms with Gasteiger partial charge in [-0.1, -0.05) is 13.3 Å². The number of rotatable bonds is 6. The van der Waals surface area contributed by atoms with Crippen LogP contribution in [0.25, 0.3) is 0 Å². The predicted molar refractivity (Wildman–Crippen MR) is 87.6 cm³/mol. The molecule has 2 rings (SSSR count). The van der Waals surface area contributed by atoms with Crippen LogP contribution < -0.4 is 14.4 Å². The maximum absolute atomic E-state index is 9.52. The summed E-state index contributed by atoms with van der Waals surface area (Å²) in [6, 6.07) is 8.15. The van der Waals surface area contributed by atoms with E-state index in [2.05, 4.69) is 22.8 Å². The lowest BCUT2D eigenvalue weighted by atomic mass is 10.1. The van der Waals surface area contributed by atoms with Gasteiger partial charge in [0, 0.05) is 31.4 Å². The molecule has 0 amide bonds. The number of hydrogen-bond donors (Lipinski definition) is 0. The number of hydrogen-bond acceptors (Lipinski definition) is 5. The molecule has 120 valence electrons. The first-order valence-electron chi connectivity index (χ1n) is 7.84. The summed E-state index contributed by atoms with van der Waals surface area (Å²) in [4.78, 5) is 4.54. The fourth-order valence-corrected chi connectivity index (χ4v) is 2.85. The Bertz CT molecular complexity index is 527. The van der Waals surface area contributed by atoms with Gasteiger partial charge in [0.25, 0.3) is 0 Å². The van der Waals surface area contributed by atoms with Crippen molar-refractivity contribution in [3.8, 4) is 17.6 Å². The predicted octanol–water partition coefficient (Wildman–Crippen LogP) is 2.52. The zero-order chi connectivity index (χ0) is 15.9. The van der Waals surface area contributed by atoms with Crippen LogP contribution in [0.15, 0.2) is 18.2 Å². The lowest BCUT2D eigenvalue weighted by Crippen LogP contribution is -2.52. The average molecular weight is 303 g/mol. The van der Waals surface area contributed by atoms with E-state index in [0.29, 0.717) is 11.5 Å². The SMILES string of the molecule is CCCCN1CCN(c2ccc(OC)c(OC)c2)C(C#N)C1. The maximum Gasteiger partial charge on any atom is 0.162 e. The highest BCUT2D eigenvalue weighted by Crippen LogP contribution is 2.32. The van der Waals surface area contributed by atoms with Crippen molar-refractivity contribution in [2.45, 2.75) is 25.8 Å². The normalized spacial score (nSPS) is 18.8. The van der Waals surface area contributed by atoms with Gasteiger partial charge in [0.2, 0.25) is 0 Å². The molecule has 1 aliphatic rings. The first-order valence-corrected chi connectivity index (χ1v) is 7.84. The van der Waals surface area contributed by atoms with Crippen molar-refractivity contribution < 1.29 is 9.47 Å². The smallest absolute Gasteiger partial charge is 0.162 e. The summed E-state index contributed by atoms with van der Waals surface area (Å²) in [5.74, 6) is 1.41. The molecule has 5 nitrogen and oxygen atoms in total. The van der Waals surface area contributed by atoms with Crippen LogP contribution in [0.5, 0.6) is 11.5 Å².